The predicted octanol–water partition coefficient (Wildman–Crippen LogP) is -1.14. The van der Waals surface area contributed by atoms with E-state index in [9.17, 15) is 9.00 Å². The summed E-state index contributed by atoms with van der Waals surface area (Å²) in [6.45, 7) is 4.12. The zero-order valence-electron chi connectivity index (χ0n) is 8.95. The minimum atomic E-state index is -0.815. The number of rotatable bonds is 5. The first kappa shape index (κ1) is 12.6. The highest BCUT2D eigenvalue weighted by atomic mass is 32.2. The SMILES string of the molecule is CCS(=O)CCNC(=O)C1COCCN1. The van der Waals surface area contributed by atoms with Gasteiger partial charge in [0.2, 0.25) is 5.91 Å². The number of carbonyl (C=O) groups excluding carboxylic acids is 1. The van der Waals surface area contributed by atoms with Crippen LogP contribution < -0.4 is 10.6 Å². The molecule has 0 bridgehead atoms. The van der Waals surface area contributed by atoms with Crippen LogP contribution in [0.2, 0.25) is 0 Å². The summed E-state index contributed by atoms with van der Waals surface area (Å²) in [5.74, 6) is 1.10. The van der Waals surface area contributed by atoms with E-state index in [-0.39, 0.29) is 11.9 Å². The van der Waals surface area contributed by atoms with E-state index in [0.717, 1.165) is 0 Å². The van der Waals surface area contributed by atoms with Gasteiger partial charge >= 0.3 is 0 Å². The number of ether oxygens (including phenoxy) is 1. The molecule has 88 valence electrons. The Hall–Kier alpha value is -0.460. The molecule has 2 atom stereocenters. The van der Waals surface area contributed by atoms with Gasteiger partial charge in [-0.3, -0.25) is 9.00 Å². The molecule has 6 heteroatoms. The van der Waals surface area contributed by atoms with Crippen LogP contribution in [0.25, 0.3) is 0 Å². The molecular formula is C9H18N2O3S. The second-order valence-electron chi connectivity index (χ2n) is 3.31. The first-order chi connectivity index (χ1) is 7.24. The summed E-state index contributed by atoms with van der Waals surface area (Å²) in [7, 11) is -0.815. The third kappa shape index (κ3) is 4.72. The zero-order valence-corrected chi connectivity index (χ0v) is 9.77. The van der Waals surface area contributed by atoms with Crippen LogP contribution in [0.4, 0.5) is 0 Å². The zero-order chi connectivity index (χ0) is 11.1. The molecule has 1 rings (SSSR count). The first-order valence-electron chi connectivity index (χ1n) is 5.18. The largest absolute Gasteiger partial charge is 0.378 e. The van der Waals surface area contributed by atoms with Crippen molar-refractivity contribution >= 4 is 16.7 Å². The van der Waals surface area contributed by atoms with Gasteiger partial charge in [0.05, 0.1) is 13.2 Å². The van der Waals surface area contributed by atoms with Crippen LogP contribution in [-0.4, -0.2) is 54.0 Å². The maximum atomic E-state index is 11.5. The van der Waals surface area contributed by atoms with Gasteiger partial charge in [-0.05, 0) is 0 Å². The van der Waals surface area contributed by atoms with Gasteiger partial charge in [0.1, 0.15) is 6.04 Å². The van der Waals surface area contributed by atoms with Gasteiger partial charge < -0.3 is 15.4 Å². The summed E-state index contributed by atoms with van der Waals surface area (Å²) in [5, 5.41) is 5.80. The molecule has 1 fully saturated rings. The van der Waals surface area contributed by atoms with E-state index in [2.05, 4.69) is 10.6 Å². The maximum Gasteiger partial charge on any atom is 0.239 e. The highest BCUT2D eigenvalue weighted by Gasteiger charge is 2.20. The summed E-state index contributed by atoms with van der Waals surface area (Å²) in [6, 6.07) is -0.256. The Morgan fingerprint density at radius 1 is 1.67 bits per heavy atom. The van der Waals surface area contributed by atoms with Crippen LogP contribution in [0.15, 0.2) is 0 Å². The Morgan fingerprint density at radius 2 is 2.47 bits per heavy atom. The maximum absolute atomic E-state index is 11.5. The Kier molecular flexibility index (Phi) is 5.82. The van der Waals surface area contributed by atoms with Crippen molar-refractivity contribution in [2.45, 2.75) is 13.0 Å². The Labute approximate surface area is 92.4 Å². The minimum Gasteiger partial charge on any atom is -0.378 e. The van der Waals surface area contributed by atoms with Crippen molar-refractivity contribution in [3.63, 3.8) is 0 Å². The second kappa shape index (κ2) is 6.92. The van der Waals surface area contributed by atoms with Crippen LogP contribution in [0, 0.1) is 0 Å². The molecule has 5 nitrogen and oxygen atoms in total. The van der Waals surface area contributed by atoms with Crippen molar-refractivity contribution in [3.05, 3.63) is 0 Å². The number of nitrogens with one attached hydrogen (secondary N) is 2. The molecule has 2 N–H and O–H groups in total. The quantitative estimate of drug-likeness (QED) is 0.631. The van der Waals surface area contributed by atoms with Crippen molar-refractivity contribution in [2.24, 2.45) is 0 Å². The van der Waals surface area contributed by atoms with E-state index in [1.807, 2.05) is 6.92 Å². The summed E-state index contributed by atoms with van der Waals surface area (Å²) in [5.41, 5.74) is 0. The molecule has 0 saturated carbocycles. The molecule has 15 heavy (non-hydrogen) atoms. The fourth-order valence-corrected chi connectivity index (χ4v) is 1.91. The van der Waals surface area contributed by atoms with Crippen LogP contribution in [0.1, 0.15) is 6.92 Å². The highest BCUT2D eigenvalue weighted by Crippen LogP contribution is 1.92. The fourth-order valence-electron chi connectivity index (χ4n) is 1.29. The van der Waals surface area contributed by atoms with Gasteiger partial charge in [-0.1, -0.05) is 6.92 Å². The van der Waals surface area contributed by atoms with Gasteiger partial charge in [0, 0.05) is 35.4 Å². The predicted molar refractivity (Wildman–Crippen MR) is 59.2 cm³/mol. The van der Waals surface area contributed by atoms with Gasteiger partial charge in [-0.2, -0.15) is 0 Å². The summed E-state index contributed by atoms with van der Waals surface area (Å²) >= 11 is 0. The Morgan fingerprint density at radius 3 is 3.07 bits per heavy atom. The van der Waals surface area contributed by atoms with E-state index in [0.29, 0.717) is 37.8 Å². The van der Waals surface area contributed by atoms with Gasteiger partial charge in [-0.25, -0.2) is 0 Å². The molecule has 0 aromatic rings. The first-order valence-corrected chi connectivity index (χ1v) is 6.66. The number of amides is 1. The third-order valence-electron chi connectivity index (χ3n) is 2.19. The van der Waals surface area contributed by atoms with Crippen LogP contribution in [0.5, 0.6) is 0 Å². The molecular weight excluding hydrogens is 216 g/mol. The number of hydrogen-bond acceptors (Lipinski definition) is 4. The lowest BCUT2D eigenvalue weighted by atomic mass is 10.2. The standard InChI is InChI=1S/C9H18N2O3S/c1-2-15(13)6-4-11-9(12)8-7-14-5-3-10-8/h8,10H,2-7H2,1H3,(H,11,12). The van der Waals surface area contributed by atoms with E-state index in [1.54, 1.807) is 0 Å². The third-order valence-corrected chi connectivity index (χ3v) is 3.49. The summed E-state index contributed by atoms with van der Waals surface area (Å²) < 4.78 is 16.3. The molecule has 1 heterocycles. The van der Waals surface area contributed by atoms with Crippen LogP contribution >= 0.6 is 0 Å². The second-order valence-corrected chi connectivity index (χ2v) is 5.17. The van der Waals surface area contributed by atoms with Gasteiger partial charge in [-0.15, -0.1) is 0 Å². The fraction of sp³-hybridized carbons (Fsp3) is 0.889. The van der Waals surface area contributed by atoms with E-state index in [1.165, 1.54) is 0 Å². The lowest BCUT2D eigenvalue weighted by Crippen LogP contribution is -2.51. The van der Waals surface area contributed by atoms with Crippen molar-refractivity contribution in [1.82, 2.24) is 10.6 Å². The molecule has 1 aliphatic heterocycles. The molecule has 0 radical (unpaired) electrons. The average Bonchev–Trinajstić information content (AvgIpc) is 2.29. The minimum absolute atomic E-state index is 0.0668. The Bertz CT molecular complexity index is 229. The molecule has 0 spiro atoms. The van der Waals surface area contributed by atoms with E-state index >= 15 is 0 Å². The molecule has 0 aliphatic carbocycles. The van der Waals surface area contributed by atoms with Crippen LogP contribution in [-0.2, 0) is 20.3 Å². The molecule has 2 unspecified atom stereocenters. The number of morpholine rings is 1. The number of carbonyl (C=O) groups is 1. The molecule has 0 aromatic heterocycles. The summed E-state index contributed by atoms with van der Waals surface area (Å²) in [6.07, 6.45) is 0. The lowest BCUT2D eigenvalue weighted by Gasteiger charge is -2.22. The van der Waals surface area contributed by atoms with Crippen molar-refractivity contribution < 1.29 is 13.7 Å². The molecule has 1 amide bonds. The van der Waals surface area contributed by atoms with Gasteiger partial charge in [0.25, 0.3) is 0 Å². The highest BCUT2D eigenvalue weighted by molar-refractivity contribution is 7.84. The lowest BCUT2D eigenvalue weighted by molar-refractivity contribution is -0.125. The molecule has 0 aromatic carbocycles. The monoisotopic (exact) mass is 234 g/mol. The van der Waals surface area contributed by atoms with Crippen molar-refractivity contribution in [3.8, 4) is 0 Å². The van der Waals surface area contributed by atoms with E-state index < -0.39 is 10.8 Å². The topological polar surface area (TPSA) is 67.4 Å². The van der Waals surface area contributed by atoms with Crippen molar-refractivity contribution in [1.29, 1.82) is 0 Å². The van der Waals surface area contributed by atoms with Gasteiger partial charge in [0.15, 0.2) is 0 Å². The molecule has 1 aliphatic rings. The number of hydrogen-bond donors (Lipinski definition) is 2. The van der Waals surface area contributed by atoms with E-state index in [4.69, 9.17) is 4.74 Å². The summed E-state index contributed by atoms with van der Waals surface area (Å²) in [4.78, 5) is 11.5. The smallest absolute Gasteiger partial charge is 0.239 e. The van der Waals surface area contributed by atoms with Crippen LogP contribution in [0.3, 0.4) is 0 Å². The normalized spacial score (nSPS) is 23.4. The Balaban J connectivity index is 2.14. The molecule has 1 saturated heterocycles. The van der Waals surface area contributed by atoms with Crippen molar-refractivity contribution in [2.75, 3.05) is 37.8 Å². The average molecular weight is 234 g/mol.